The van der Waals surface area contributed by atoms with Crippen molar-refractivity contribution in [2.24, 2.45) is 0 Å². The van der Waals surface area contributed by atoms with Crippen LogP contribution in [-0.4, -0.2) is 36.5 Å². The van der Waals surface area contributed by atoms with Crippen LogP contribution in [0.5, 0.6) is 0 Å². The first-order chi connectivity index (χ1) is 9.83. The van der Waals surface area contributed by atoms with Gasteiger partial charge in [0.05, 0.1) is 6.20 Å². The molecule has 3 rings (SSSR count). The van der Waals surface area contributed by atoms with E-state index in [2.05, 4.69) is 35.9 Å². The van der Waals surface area contributed by atoms with Crippen molar-refractivity contribution in [2.75, 3.05) is 5.32 Å². The van der Waals surface area contributed by atoms with Crippen molar-refractivity contribution in [1.82, 2.24) is 30.6 Å². The zero-order valence-corrected chi connectivity index (χ0v) is 10.2. The van der Waals surface area contributed by atoms with Gasteiger partial charge in [-0.2, -0.15) is 5.21 Å². The number of H-pyrrole nitrogens is 1. The Morgan fingerprint density at radius 3 is 2.65 bits per heavy atom. The molecule has 0 aliphatic heterocycles. The molecular formula is C12H9N7O. The molecule has 2 N–H and O–H groups in total. The molecule has 0 radical (unpaired) electrons. The van der Waals surface area contributed by atoms with E-state index in [1.807, 2.05) is 0 Å². The number of hydrogen-bond donors (Lipinski definition) is 2. The molecule has 2 aromatic heterocycles. The topological polar surface area (TPSA) is 109 Å². The van der Waals surface area contributed by atoms with E-state index in [1.54, 1.807) is 24.3 Å². The van der Waals surface area contributed by atoms with Crippen LogP contribution in [0.3, 0.4) is 0 Å². The van der Waals surface area contributed by atoms with Gasteiger partial charge in [0.2, 0.25) is 5.82 Å². The summed E-state index contributed by atoms with van der Waals surface area (Å²) in [7, 11) is 0. The van der Waals surface area contributed by atoms with Crippen LogP contribution in [-0.2, 0) is 0 Å². The molecule has 0 aliphatic rings. The van der Waals surface area contributed by atoms with E-state index in [4.69, 9.17) is 0 Å². The van der Waals surface area contributed by atoms with Crippen LogP contribution in [0.25, 0.3) is 11.4 Å². The first kappa shape index (κ1) is 11.9. The summed E-state index contributed by atoms with van der Waals surface area (Å²) in [6, 6.07) is 7.08. The second kappa shape index (κ2) is 5.22. The number of anilines is 1. The van der Waals surface area contributed by atoms with Crippen molar-refractivity contribution in [3.63, 3.8) is 0 Å². The van der Waals surface area contributed by atoms with Gasteiger partial charge in [-0.15, -0.1) is 10.2 Å². The molecule has 8 nitrogen and oxygen atoms in total. The number of tetrazole rings is 1. The summed E-state index contributed by atoms with van der Waals surface area (Å²) in [5.41, 5.74) is 1.71. The number of carbonyl (C=O) groups excluding carboxylic acids is 1. The fraction of sp³-hybridized carbons (Fsp3) is 0. The van der Waals surface area contributed by atoms with Crippen molar-refractivity contribution < 1.29 is 4.79 Å². The number of amides is 1. The minimum Gasteiger partial charge on any atom is -0.321 e. The maximum Gasteiger partial charge on any atom is 0.275 e. The summed E-state index contributed by atoms with van der Waals surface area (Å²) in [5, 5.41) is 16.3. The number of benzene rings is 1. The third-order valence-electron chi connectivity index (χ3n) is 2.54. The molecule has 0 aliphatic carbocycles. The number of aromatic amines is 1. The third-order valence-corrected chi connectivity index (χ3v) is 2.54. The number of nitrogens with one attached hydrogen (secondary N) is 2. The van der Waals surface area contributed by atoms with Crippen LogP contribution in [0, 0.1) is 0 Å². The van der Waals surface area contributed by atoms with Gasteiger partial charge >= 0.3 is 0 Å². The van der Waals surface area contributed by atoms with Gasteiger partial charge in [0.25, 0.3) is 5.91 Å². The quantitative estimate of drug-likeness (QED) is 0.730. The largest absolute Gasteiger partial charge is 0.321 e. The molecule has 2 heterocycles. The van der Waals surface area contributed by atoms with Crippen LogP contribution < -0.4 is 5.32 Å². The van der Waals surface area contributed by atoms with Crippen molar-refractivity contribution in [1.29, 1.82) is 0 Å². The van der Waals surface area contributed by atoms with Gasteiger partial charge in [0.15, 0.2) is 0 Å². The SMILES string of the molecule is O=C(Nc1ccc(-c2nn[nH]n2)cc1)c1cnccn1. The average molecular weight is 267 g/mol. The summed E-state index contributed by atoms with van der Waals surface area (Å²) < 4.78 is 0. The fourth-order valence-electron chi connectivity index (χ4n) is 1.60. The third kappa shape index (κ3) is 2.48. The molecule has 0 saturated carbocycles. The summed E-state index contributed by atoms with van der Waals surface area (Å²) in [6.07, 6.45) is 4.38. The van der Waals surface area contributed by atoms with Gasteiger partial charge in [-0.05, 0) is 29.5 Å². The van der Waals surface area contributed by atoms with Gasteiger partial charge in [-0.3, -0.25) is 9.78 Å². The number of nitrogens with zero attached hydrogens (tertiary/aromatic N) is 5. The molecule has 0 bridgehead atoms. The lowest BCUT2D eigenvalue weighted by molar-refractivity contribution is 0.102. The molecule has 8 heteroatoms. The molecular weight excluding hydrogens is 258 g/mol. The van der Waals surface area contributed by atoms with Crippen LogP contribution in [0.1, 0.15) is 10.5 Å². The standard InChI is InChI=1S/C12H9N7O/c20-12(10-7-13-5-6-14-10)15-9-3-1-8(2-4-9)11-16-18-19-17-11/h1-7H,(H,15,20)(H,16,17,18,19). The van der Waals surface area contributed by atoms with Gasteiger partial charge in [-0.1, -0.05) is 0 Å². The average Bonchev–Trinajstić information content (AvgIpc) is 3.03. The second-order valence-corrected chi connectivity index (χ2v) is 3.86. The predicted molar refractivity (Wildman–Crippen MR) is 69.6 cm³/mol. The Kier molecular flexibility index (Phi) is 3.11. The van der Waals surface area contributed by atoms with E-state index >= 15 is 0 Å². The highest BCUT2D eigenvalue weighted by Crippen LogP contribution is 2.17. The highest BCUT2D eigenvalue weighted by molar-refractivity contribution is 6.02. The lowest BCUT2D eigenvalue weighted by Gasteiger charge is -2.04. The molecule has 98 valence electrons. The summed E-state index contributed by atoms with van der Waals surface area (Å²) in [5.74, 6) is 0.183. The van der Waals surface area contributed by atoms with Crippen LogP contribution in [0.2, 0.25) is 0 Å². The molecule has 3 aromatic rings. The fourth-order valence-corrected chi connectivity index (χ4v) is 1.60. The molecule has 1 amide bonds. The van der Waals surface area contributed by atoms with Gasteiger partial charge < -0.3 is 5.32 Å². The summed E-state index contributed by atoms with van der Waals surface area (Å²) in [4.78, 5) is 19.6. The van der Waals surface area contributed by atoms with E-state index in [9.17, 15) is 4.79 Å². The first-order valence-electron chi connectivity index (χ1n) is 5.74. The van der Waals surface area contributed by atoms with Gasteiger partial charge in [-0.25, -0.2) is 4.98 Å². The molecule has 0 fully saturated rings. The lowest BCUT2D eigenvalue weighted by Crippen LogP contribution is -2.13. The maximum atomic E-state index is 11.9. The van der Waals surface area contributed by atoms with Crippen molar-refractivity contribution >= 4 is 11.6 Å². The maximum absolute atomic E-state index is 11.9. The molecule has 0 spiro atoms. The Balaban J connectivity index is 1.74. The number of rotatable bonds is 3. The first-order valence-corrected chi connectivity index (χ1v) is 5.74. The lowest BCUT2D eigenvalue weighted by atomic mass is 10.2. The molecule has 0 atom stereocenters. The Labute approximate surface area is 113 Å². The van der Waals surface area contributed by atoms with Crippen LogP contribution in [0.4, 0.5) is 5.69 Å². The highest BCUT2D eigenvalue weighted by Gasteiger charge is 2.08. The Hall–Kier alpha value is -3.16. The smallest absolute Gasteiger partial charge is 0.275 e. The van der Waals surface area contributed by atoms with E-state index in [1.165, 1.54) is 18.6 Å². The monoisotopic (exact) mass is 267 g/mol. The molecule has 20 heavy (non-hydrogen) atoms. The zero-order valence-electron chi connectivity index (χ0n) is 10.2. The Morgan fingerprint density at radius 1 is 1.15 bits per heavy atom. The summed E-state index contributed by atoms with van der Waals surface area (Å²) >= 11 is 0. The van der Waals surface area contributed by atoms with E-state index < -0.39 is 0 Å². The normalized spacial score (nSPS) is 10.2. The summed E-state index contributed by atoms with van der Waals surface area (Å²) in [6.45, 7) is 0. The zero-order chi connectivity index (χ0) is 13.8. The van der Waals surface area contributed by atoms with Crippen molar-refractivity contribution in [3.8, 4) is 11.4 Å². The molecule has 0 saturated heterocycles. The van der Waals surface area contributed by atoms with Crippen LogP contribution >= 0.6 is 0 Å². The minimum atomic E-state index is -0.314. The highest BCUT2D eigenvalue weighted by atomic mass is 16.1. The predicted octanol–water partition coefficient (Wildman–Crippen LogP) is 0.909. The Bertz CT molecular complexity index is 694. The van der Waals surface area contributed by atoms with Gasteiger partial charge in [0.1, 0.15) is 5.69 Å². The van der Waals surface area contributed by atoms with Crippen LogP contribution in [0.15, 0.2) is 42.9 Å². The van der Waals surface area contributed by atoms with E-state index in [-0.39, 0.29) is 11.6 Å². The molecule has 1 aromatic carbocycles. The van der Waals surface area contributed by atoms with E-state index in [0.29, 0.717) is 11.5 Å². The number of aromatic nitrogens is 6. The van der Waals surface area contributed by atoms with E-state index in [0.717, 1.165) is 5.56 Å². The Morgan fingerprint density at radius 2 is 2.00 bits per heavy atom. The van der Waals surface area contributed by atoms with Gasteiger partial charge in [0, 0.05) is 23.6 Å². The van der Waals surface area contributed by atoms with Crippen molar-refractivity contribution in [2.45, 2.75) is 0 Å². The number of hydrogen-bond acceptors (Lipinski definition) is 6. The molecule has 0 unspecified atom stereocenters. The minimum absolute atomic E-state index is 0.259. The number of carbonyl (C=O) groups is 1. The second-order valence-electron chi connectivity index (χ2n) is 3.86. The van der Waals surface area contributed by atoms with Crippen molar-refractivity contribution in [3.05, 3.63) is 48.5 Å².